The first-order valence-electron chi connectivity index (χ1n) is 4.05. The third-order valence-corrected chi connectivity index (χ3v) is 2.91. The number of hydrogen-bond acceptors (Lipinski definition) is 1. The lowest BCUT2D eigenvalue weighted by Gasteiger charge is -2.16. The molecule has 0 N–H and O–H groups in total. The van der Waals surface area contributed by atoms with Crippen LogP contribution in [0.5, 0.6) is 0 Å². The molecule has 0 nitrogen and oxygen atoms in total. The van der Waals surface area contributed by atoms with E-state index in [0.29, 0.717) is 11.2 Å². The van der Waals surface area contributed by atoms with Gasteiger partial charge in [-0.2, -0.15) is 12.6 Å². The highest BCUT2D eigenvalue weighted by Gasteiger charge is 2.12. The maximum atomic E-state index is 6.03. The van der Waals surface area contributed by atoms with E-state index in [2.05, 4.69) is 32.5 Å². The van der Waals surface area contributed by atoms with E-state index in [9.17, 15) is 0 Å². The average molecular weight is 201 g/mol. The van der Waals surface area contributed by atoms with Crippen LogP contribution in [-0.4, -0.2) is 5.25 Å². The van der Waals surface area contributed by atoms with Crippen LogP contribution in [0, 0.1) is 0 Å². The maximum absolute atomic E-state index is 6.03. The van der Waals surface area contributed by atoms with Gasteiger partial charge in [0, 0.05) is 10.3 Å². The summed E-state index contributed by atoms with van der Waals surface area (Å²) >= 11 is 10.4. The van der Waals surface area contributed by atoms with Crippen molar-refractivity contribution in [3.8, 4) is 0 Å². The summed E-state index contributed by atoms with van der Waals surface area (Å²) in [5, 5.41) is 1.18. The van der Waals surface area contributed by atoms with Crippen molar-refractivity contribution in [1.29, 1.82) is 0 Å². The third kappa shape index (κ3) is 2.18. The van der Waals surface area contributed by atoms with Gasteiger partial charge in [0.25, 0.3) is 0 Å². The van der Waals surface area contributed by atoms with Crippen molar-refractivity contribution in [1.82, 2.24) is 0 Å². The molecule has 0 saturated carbocycles. The van der Waals surface area contributed by atoms with Gasteiger partial charge in [-0.25, -0.2) is 0 Å². The Balaban J connectivity index is 2.94. The van der Waals surface area contributed by atoms with Crippen LogP contribution in [0.15, 0.2) is 24.3 Å². The Morgan fingerprint density at radius 1 is 1.25 bits per heavy atom. The quantitative estimate of drug-likeness (QED) is 0.691. The van der Waals surface area contributed by atoms with Crippen molar-refractivity contribution in [3.63, 3.8) is 0 Å². The lowest BCUT2D eigenvalue weighted by molar-refractivity contribution is 0.756. The zero-order chi connectivity index (χ0) is 9.14. The number of rotatable bonds is 2. The van der Waals surface area contributed by atoms with Crippen LogP contribution >= 0.6 is 24.2 Å². The molecule has 0 aliphatic heterocycles. The van der Waals surface area contributed by atoms with E-state index in [4.69, 9.17) is 11.6 Å². The highest BCUT2D eigenvalue weighted by molar-refractivity contribution is 7.81. The molecule has 0 amide bonds. The molecule has 0 fully saturated rings. The topological polar surface area (TPSA) is 0 Å². The standard InChI is InChI=1S/C10H13ClS/c1-7(8(2)12)9-5-3-4-6-10(9)11/h3-8,12H,1-2H3. The Morgan fingerprint density at radius 3 is 2.33 bits per heavy atom. The van der Waals surface area contributed by atoms with E-state index in [1.165, 1.54) is 5.56 Å². The lowest BCUT2D eigenvalue weighted by atomic mass is 9.98. The van der Waals surface area contributed by atoms with E-state index in [1.807, 2.05) is 18.2 Å². The number of hydrogen-bond donors (Lipinski definition) is 1. The first kappa shape index (κ1) is 9.94. The molecule has 1 aromatic carbocycles. The van der Waals surface area contributed by atoms with E-state index in [-0.39, 0.29) is 0 Å². The van der Waals surface area contributed by atoms with Crippen LogP contribution in [0.1, 0.15) is 25.3 Å². The van der Waals surface area contributed by atoms with Gasteiger partial charge in [-0.1, -0.05) is 43.6 Å². The van der Waals surface area contributed by atoms with Gasteiger partial charge in [-0.3, -0.25) is 0 Å². The molecular weight excluding hydrogens is 188 g/mol. The molecule has 0 spiro atoms. The molecule has 0 bridgehead atoms. The van der Waals surface area contributed by atoms with Gasteiger partial charge in [-0.15, -0.1) is 0 Å². The summed E-state index contributed by atoms with van der Waals surface area (Å²) in [6.07, 6.45) is 0. The molecule has 0 aliphatic carbocycles. The van der Waals surface area contributed by atoms with E-state index >= 15 is 0 Å². The van der Waals surface area contributed by atoms with E-state index in [1.54, 1.807) is 0 Å². The fourth-order valence-corrected chi connectivity index (χ4v) is 1.57. The number of halogens is 1. The summed E-state index contributed by atoms with van der Waals surface area (Å²) in [5.74, 6) is 0.405. The van der Waals surface area contributed by atoms with Crippen LogP contribution in [0.25, 0.3) is 0 Å². The summed E-state index contributed by atoms with van der Waals surface area (Å²) in [4.78, 5) is 0. The summed E-state index contributed by atoms with van der Waals surface area (Å²) in [6, 6.07) is 7.93. The molecule has 2 unspecified atom stereocenters. The predicted octanol–water partition coefficient (Wildman–Crippen LogP) is 3.76. The zero-order valence-corrected chi connectivity index (χ0v) is 8.94. The monoisotopic (exact) mass is 200 g/mol. The first-order valence-corrected chi connectivity index (χ1v) is 4.95. The number of thiol groups is 1. The second-order valence-corrected chi connectivity index (χ2v) is 4.27. The molecule has 2 atom stereocenters. The van der Waals surface area contributed by atoms with Gasteiger partial charge in [0.2, 0.25) is 0 Å². The molecule has 0 aromatic heterocycles. The summed E-state index contributed by atoms with van der Waals surface area (Å²) < 4.78 is 0. The molecule has 2 heteroatoms. The number of benzene rings is 1. The van der Waals surface area contributed by atoms with Crippen LogP contribution < -0.4 is 0 Å². The van der Waals surface area contributed by atoms with Gasteiger partial charge in [0.05, 0.1) is 0 Å². The van der Waals surface area contributed by atoms with Crippen molar-refractivity contribution in [2.75, 3.05) is 0 Å². The Morgan fingerprint density at radius 2 is 1.83 bits per heavy atom. The minimum absolute atomic E-state index is 0.338. The zero-order valence-electron chi connectivity index (χ0n) is 7.29. The molecule has 0 radical (unpaired) electrons. The molecule has 66 valence electrons. The van der Waals surface area contributed by atoms with Crippen LogP contribution in [-0.2, 0) is 0 Å². The summed E-state index contributed by atoms with van der Waals surface area (Å²) in [6.45, 7) is 4.22. The predicted molar refractivity (Wildman–Crippen MR) is 58.3 cm³/mol. The van der Waals surface area contributed by atoms with Crippen LogP contribution in [0.4, 0.5) is 0 Å². The maximum Gasteiger partial charge on any atom is 0.0441 e. The molecular formula is C10H13ClS. The smallest absolute Gasteiger partial charge is 0.0441 e. The van der Waals surface area contributed by atoms with Crippen molar-refractivity contribution >= 4 is 24.2 Å². The van der Waals surface area contributed by atoms with E-state index in [0.717, 1.165) is 5.02 Å². The first-order chi connectivity index (χ1) is 5.63. The molecule has 12 heavy (non-hydrogen) atoms. The van der Waals surface area contributed by atoms with Gasteiger partial charge in [0.1, 0.15) is 0 Å². The lowest BCUT2D eigenvalue weighted by Crippen LogP contribution is -2.05. The second kappa shape index (κ2) is 4.20. The van der Waals surface area contributed by atoms with Crippen LogP contribution in [0.3, 0.4) is 0 Å². The van der Waals surface area contributed by atoms with Crippen molar-refractivity contribution in [3.05, 3.63) is 34.9 Å². The Hall–Kier alpha value is -0.140. The summed E-state index contributed by atoms with van der Waals surface area (Å²) in [5.41, 5.74) is 1.18. The SMILES string of the molecule is CC(S)C(C)c1ccccc1Cl. The van der Waals surface area contributed by atoms with Crippen molar-refractivity contribution in [2.45, 2.75) is 25.0 Å². The molecule has 0 heterocycles. The third-order valence-electron chi connectivity index (χ3n) is 2.12. The normalized spacial score (nSPS) is 15.7. The largest absolute Gasteiger partial charge is 0.176 e. The van der Waals surface area contributed by atoms with Gasteiger partial charge < -0.3 is 0 Å². The Labute approximate surface area is 84.3 Å². The Kier molecular flexibility index (Phi) is 3.48. The fourth-order valence-electron chi connectivity index (χ4n) is 1.10. The minimum atomic E-state index is 0.338. The summed E-state index contributed by atoms with van der Waals surface area (Å²) in [7, 11) is 0. The van der Waals surface area contributed by atoms with E-state index < -0.39 is 0 Å². The highest BCUT2D eigenvalue weighted by atomic mass is 35.5. The fraction of sp³-hybridized carbons (Fsp3) is 0.400. The molecule has 1 aromatic rings. The molecule has 0 saturated heterocycles. The van der Waals surface area contributed by atoms with Gasteiger partial charge in [-0.05, 0) is 17.5 Å². The highest BCUT2D eigenvalue weighted by Crippen LogP contribution is 2.28. The van der Waals surface area contributed by atoms with Crippen LogP contribution in [0.2, 0.25) is 5.02 Å². The molecule has 0 aliphatic rings. The second-order valence-electron chi connectivity index (χ2n) is 3.05. The molecule has 1 rings (SSSR count). The van der Waals surface area contributed by atoms with Crippen molar-refractivity contribution in [2.24, 2.45) is 0 Å². The Bertz CT molecular complexity index is 258. The minimum Gasteiger partial charge on any atom is -0.176 e. The van der Waals surface area contributed by atoms with Gasteiger partial charge >= 0.3 is 0 Å². The van der Waals surface area contributed by atoms with Crippen molar-refractivity contribution < 1.29 is 0 Å². The van der Waals surface area contributed by atoms with Gasteiger partial charge in [0.15, 0.2) is 0 Å². The average Bonchev–Trinajstić information content (AvgIpc) is 2.04.